The number of hydrogen-bond acceptors (Lipinski definition) is 3. The summed E-state index contributed by atoms with van der Waals surface area (Å²) in [5, 5.41) is 3.08. The summed E-state index contributed by atoms with van der Waals surface area (Å²) >= 11 is 3.47. The van der Waals surface area contributed by atoms with Crippen LogP contribution >= 0.6 is 15.9 Å². The number of amides is 2. The molecule has 0 radical (unpaired) electrons. The van der Waals surface area contributed by atoms with E-state index < -0.39 is 11.6 Å². The quantitative estimate of drug-likeness (QED) is 0.355. The lowest BCUT2D eigenvalue weighted by molar-refractivity contribution is -0.143. The van der Waals surface area contributed by atoms with Gasteiger partial charge in [0.1, 0.15) is 11.8 Å². The van der Waals surface area contributed by atoms with Crippen LogP contribution in [0.5, 0.6) is 5.75 Å². The lowest BCUT2D eigenvalue weighted by atomic mass is 10.0. The Balaban J connectivity index is 1.93. The predicted molar refractivity (Wildman–Crippen MR) is 148 cm³/mol. The first-order valence-corrected chi connectivity index (χ1v) is 12.9. The van der Waals surface area contributed by atoms with Crippen LogP contribution in [-0.4, -0.2) is 34.9 Å². The Morgan fingerprint density at radius 1 is 0.944 bits per heavy atom. The van der Waals surface area contributed by atoms with Crippen LogP contribution in [0.15, 0.2) is 77.3 Å². The number of benzene rings is 3. The van der Waals surface area contributed by atoms with Crippen molar-refractivity contribution in [2.24, 2.45) is 0 Å². The van der Waals surface area contributed by atoms with E-state index in [-0.39, 0.29) is 25.0 Å². The van der Waals surface area contributed by atoms with Crippen LogP contribution in [0, 0.1) is 13.8 Å². The summed E-state index contributed by atoms with van der Waals surface area (Å²) in [4.78, 5) is 28.9. The van der Waals surface area contributed by atoms with E-state index in [2.05, 4.69) is 21.2 Å². The molecule has 0 heterocycles. The van der Waals surface area contributed by atoms with Crippen molar-refractivity contribution in [2.75, 3.05) is 6.61 Å². The molecule has 1 unspecified atom stereocenters. The highest BCUT2D eigenvalue weighted by Crippen LogP contribution is 2.21. The van der Waals surface area contributed by atoms with E-state index in [1.165, 1.54) is 0 Å². The van der Waals surface area contributed by atoms with Crippen LogP contribution in [-0.2, 0) is 22.6 Å². The van der Waals surface area contributed by atoms with Gasteiger partial charge < -0.3 is 15.0 Å². The van der Waals surface area contributed by atoms with E-state index in [4.69, 9.17) is 4.74 Å². The van der Waals surface area contributed by atoms with Crippen LogP contribution < -0.4 is 10.1 Å². The van der Waals surface area contributed by atoms with E-state index >= 15 is 0 Å². The molecule has 2 amide bonds. The Bertz CT molecular complexity index is 1170. The average Bonchev–Trinajstić information content (AvgIpc) is 2.81. The number of ether oxygens (including phenoxy) is 1. The summed E-state index contributed by atoms with van der Waals surface area (Å²) in [5.74, 6) is 0.225. The zero-order valence-electron chi connectivity index (χ0n) is 21.7. The maximum Gasteiger partial charge on any atom is 0.261 e. The van der Waals surface area contributed by atoms with E-state index in [0.717, 1.165) is 26.7 Å². The largest absolute Gasteiger partial charge is 0.483 e. The number of rotatable bonds is 9. The molecule has 0 bridgehead atoms. The third kappa shape index (κ3) is 8.23. The predicted octanol–water partition coefficient (Wildman–Crippen LogP) is 6.00. The van der Waals surface area contributed by atoms with Crippen LogP contribution in [0.1, 0.15) is 43.0 Å². The average molecular weight is 552 g/mol. The van der Waals surface area contributed by atoms with Gasteiger partial charge in [-0.25, -0.2) is 0 Å². The summed E-state index contributed by atoms with van der Waals surface area (Å²) in [7, 11) is 0. The van der Waals surface area contributed by atoms with Gasteiger partial charge in [0.15, 0.2) is 6.61 Å². The van der Waals surface area contributed by atoms with E-state index in [1.54, 1.807) is 4.90 Å². The van der Waals surface area contributed by atoms with Crippen molar-refractivity contribution in [1.82, 2.24) is 10.2 Å². The minimum atomic E-state index is -0.703. The highest BCUT2D eigenvalue weighted by Gasteiger charge is 2.32. The first kappa shape index (κ1) is 27.5. The first-order valence-electron chi connectivity index (χ1n) is 12.1. The number of nitrogens with zero attached hydrogens (tertiary/aromatic N) is 1. The Kier molecular flexibility index (Phi) is 9.32. The molecule has 190 valence electrons. The number of carbonyl (C=O) groups is 2. The summed E-state index contributed by atoms with van der Waals surface area (Å²) in [5.41, 5.74) is 3.57. The molecule has 3 rings (SSSR count). The van der Waals surface area contributed by atoms with Gasteiger partial charge in [-0.05, 0) is 69.5 Å². The van der Waals surface area contributed by atoms with Gasteiger partial charge in [0.2, 0.25) is 5.91 Å². The number of aryl methyl sites for hydroxylation is 2. The van der Waals surface area contributed by atoms with E-state index in [9.17, 15) is 9.59 Å². The molecule has 36 heavy (non-hydrogen) atoms. The number of carbonyl (C=O) groups excluding carboxylic acids is 2. The van der Waals surface area contributed by atoms with Crippen molar-refractivity contribution in [2.45, 2.75) is 59.2 Å². The summed E-state index contributed by atoms with van der Waals surface area (Å²) in [6.07, 6.45) is 0.397. The topological polar surface area (TPSA) is 58.6 Å². The van der Waals surface area contributed by atoms with Gasteiger partial charge in [-0.3, -0.25) is 9.59 Å². The molecular formula is C30H35BrN2O3. The maximum absolute atomic E-state index is 13.7. The standard InChI is InChI=1S/C30H35BrN2O3/c1-21-11-16-27(22(2)17-21)36-20-28(34)33(19-24-12-14-25(31)15-13-24)26(29(35)32-30(3,4)5)18-23-9-7-6-8-10-23/h6-17,26H,18-20H2,1-5H3,(H,32,35). The fraction of sp³-hybridized carbons (Fsp3) is 0.333. The molecule has 0 spiro atoms. The Morgan fingerprint density at radius 2 is 1.61 bits per heavy atom. The number of hydrogen-bond donors (Lipinski definition) is 1. The summed E-state index contributed by atoms with van der Waals surface area (Å²) < 4.78 is 6.89. The molecular weight excluding hydrogens is 516 g/mol. The van der Waals surface area contributed by atoms with Gasteiger partial charge in [0.05, 0.1) is 0 Å². The van der Waals surface area contributed by atoms with Gasteiger partial charge >= 0.3 is 0 Å². The molecule has 0 aromatic heterocycles. The zero-order valence-corrected chi connectivity index (χ0v) is 23.3. The van der Waals surface area contributed by atoms with Crippen LogP contribution in [0.3, 0.4) is 0 Å². The minimum Gasteiger partial charge on any atom is -0.483 e. The second kappa shape index (κ2) is 12.2. The highest BCUT2D eigenvalue weighted by molar-refractivity contribution is 9.10. The highest BCUT2D eigenvalue weighted by atomic mass is 79.9. The molecule has 0 saturated carbocycles. The molecule has 0 aliphatic carbocycles. The van der Waals surface area contributed by atoms with Gasteiger partial charge in [-0.1, -0.05) is 76.1 Å². The lowest BCUT2D eigenvalue weighted by Gasteiger charge is -2.33. The second-order valence-corrected chi connectivity index (χ2v) is 11.1. The Labute approximate surface area is 223 Å². The molecule has 0 fully saturated rings. The molecule has 5 nitrogen and oxygen atoms in total. The van der Waals surface area contributed by atoms with Crippen LogP contribution in [0.25, 0.3) is 0 Å². The molecule has 0 aliphatic rings. The van der Waals surface area contributed by atoms with E-state index in [0.29, 0.717) is 12.2 Å². The minimum absolute atomic E-state index is 0.158. The molecule has 1 atom stereocenters. The third-order valence-electron chi connectivity index (χ3n) is 5.72. The van der Waals surface area contributed by atoms with Crippen LogP contribution in [0.2, 0.25) is 0 Å². The smallest absolute Gasteiger partial charge is 0.261 e. The molecule has 0 saturated heterocycles. The van der Waals surface area contributed by atoms with Gasteiger partial charge in [0, 0.05) is 23.0 Å². The molecule has 0 aliphatic heterocycles. The van der Waals surface area contributed by atoms with E-state index in [1.807, 2.05) is 107 Å². The van der Waals surface area contributed by atoms with Gasteiger partial charge in [0.25, 0.3) is 5.91 Å². The lowest BCUT2D eigenvalue weighted by Crippen LogP contribution is -2.55. The van der Waals surface area contributed by atoms with Gasteiger partial charge in [-0.2, -0.15) is 0 Å². The third-order valence-corrected chi connectivity index (χ3v) is 6.25. The zero-order chi connectivity index (χ0) is 26.3. The van der Waals surface area contributed by atoms with Crippen molar-refractivity contribution < 1.29 is 14.3 Å². The molecule has 6 heteroatoms. The van der Waals surface area contributed by atoms with Crippen molar-refractivity contribution >= 4 is 27.7 Å². The van der Waals surface area contributed by atoms with Crippen molar-refractivity contribution in [3.05, 3.63) is 99.5 Å². The molecule has 3 aromatic rings. The summed E-state index contributed by atoms with van der Waals surface area (Å²) in [6.45, 7) is 9.93. The monoisotopic (exact) mass is 550 g/mol. The normalized spacial score (nSPS) is 12.1. The fourth-order valence-electron chi connectivity index (χ4n) is 3.98. The van der Waals surface area contributed by atoms with Crippen molar-refractivity contribution in [3.8, 4) is 5.75 Å². The molecule has 1 N–H and O–H groups in total. The maximum atomic E-state index is 13.7. The second-order valence-electron chi connectivity index (χ2n) is 10.2. The van der Waals surface area contributed by atoms with Crippen LogP contribution in [0.4, 0.5) is 0 Å². The Morgan fingerprint density at radius 3 is 2.22 bits per heavy atom. The summed E-state index contributed by atoms with van der Waals surface area (Å²) in [6, 6.07) is 22.7. The Hall–Kier alpha value is -3.12. The SMILES string of the molecule is Cc1ccc(OCC(=O)N(Cc2ccc(Br)cc2)C(Cc2ccccc2)C(=O)NC(C)(C)C)c(C)c1. The fourth-order valence-corrected chi connectivity index (χ4v) is 4.24. The number of nitrogens with one attached hydrogen (secondary N) is 1. The molecule has 3 aromatic carbocycles. The van der Waals surface area contributed by atoms with Gasteiger partial charge in [-0.15, -0.1) is 0 Å². The van der Waals surface area contributed by atoms with Crippen molar-refractivity contribution in [1.29, 1.82) is 0 Å². The first-order chi connectivity index (χ1) is 17.0. The number of halogens is 1. The van der Waals surface area contributed by atoms with Crippen molar-refractivity contribution in [3.63, 3.8) is 0 Å².